The summed E-state index contributed by atoms with van der Waals surface area (Å²) in [5.41, 5.74) is 3.14. The van der Waals surface area contributed by atoms with Gasteiger partial charge in [-0.15, -0.1) is 0 Å². The normalized spacial score (nSPS) is 12.2. The van der Waals surface area contributed by atoms with Crippen LogP contribution >= 0.6 is 23.6 Å². The molecule has 2 aromatic carbocycles. The van der Waals surface area contributed by atoms with E-state index in [1.807, 2.05) is 72.9 Å². The number of nitrogens with zero attached hydrogens (tertiary/aromatic N) is 2. The maximum atomic E-state index is 10.4. The van der Waals surface area contributed by atoms with E-state index in [0.29, 0.717) is 23.2 Å². The molecule has 1 heterocycles. The Hall–Kier alpha value is -2.61. The quantitative estimate of drug-likeness (QED) is 0.413. The fraction of sp³-hybridized carbons (Fsp3) is 0.346. The van der Waals surface area contributed by atoms with Crippen molar-refractivity contribution in [1.82, 2.24) is 0 Å². The van der Waals surface area contributed by atoms with Crippen molar-refractivity contribution in [3.05, 3.63) is 70.9 Å². The molecule has 0 bridgehead atoms. The van der Waals surface area contributed by atoms with E-state index in [4.69, 9.17) is 21.7 Å². The highest BCUT2D eigenvalue weighted by Gasteiger charge is 2.16. The molecule has 0 amide bonds. The first-order valence-corrected chi connectivity index (χ1v) is 12.2. The van der Waals surface area contributed by atoms with Crippen LogP contribution in [0.3, 0.4) is 0 Å². The van der Waals surface area contributed by atoms with E-state index in [2.05, 4.69) is 32.2 Å². The van der Waals surface area contributed by atoms with Gasteiger partial charge < -0.3 is 24.4 Å². The predicted molar refractivity (Wildman–Crippen MR) is 142 cm³/mol. The molecule has 0 saturated heterocycles. The van der Waals surface area contributed by atoms with E-state index in [0.717, 1.165) is 11.4 Å². The maximum absolute atomic E-state index is 10.4. The summed E-state index contributed by atoms with van der Waals surface area (Å²) >= 11 is 7.17. The van der Waals surface area contributed by atoms with Gasteiger partial charge in [0.05, 0.1) is 0 Å². The maximum Gasteiger partial charge on any atom is 0.269 e. The molecule has 33 heavy (non-hydrogen) atoms. The topological polar surface area (TPSA) is 45.2 Å². The van der Waals surface area contributed by atoms with Gasteiger partial charge in [-0.2, -0.15) is 11.3 Å². The second kappa shape index (κ2) is 11.0. The fourth-order valence-electron chi connectivity index (χ4n) is 3.22. The molecule has 3 rings (SSSR count). The van der Waals surface area contributed by atoms with Crippen LogP contribution in [-0.2, 0) is 5.41 Å². The Morgan fingerprint density at radius 1 is 1.03 bits per heavy atom. The van der Waals surface area contributed by atoms with Gasteiger partial charge in [0.1, 0.15) is 24.2 Å². The van der Waals surface area contributed by atoms with E-state index in [-0.39, 0.29) is 12.0 Å². The third-order valence-corrected chi connectivity index (χ3v) is 6.29. The molecule has 0 aliphatic rings. The number of rotatable bonds is 8. The standard InChI is InChI=1S/C26H32N2O3S2/c1-26(2,3)19-8-6-11-24(14-19)31-25(32)28(5)20-9-7-10-23(15-20)30-17-22(29)16-27(4)21-12-13-33-18-21/h6-15,18,22,29H,16-17H2,1-5H3. The zero-order valence-electron chi connectivity index (χ0n) is 19.8. The predicted octanol–water partition coefficient (Wildman–Crippen LogP) is 5.72. The van der Waals surface area contributed by atoms with Gasteiger partial charge in [0, 0.05) is 43.5 Å². The van der Waals surface area contributed by atoms with Crippen molar-refractivity contribution in [3.63, 3.8) is 0 Å². The number of thiocarbonyl (C=S) groups is 1. The summed E-state index contributed by atoms with van der Waals surface area (Å²) in [6, 6.07) is 17.6. The number of aliphatic hydroxyl groups excluding tert-OH is 1. The molecule has 0 fully saturated rings. The van der Waals surface area contributed by atoms with Crippen molar-refractivity contribution in [2.24, 2.45) is 0 Å². The Bertz CT molecular complexity index is 1050. The summed E-state index contributed by atoms with van der Waals surface area (Å²) in [6.45, 7) is 7.18. The van der Waals surface area contributed by atoms with Crippen LogP contribution in [0.5, 0.6) is 11.5 Å². The minimum Gasteiger partial charge on any atom is -0.491 e. The third kappa shape index (κ3) is 7.19. The van der Waals surface area contributed by atoms with Gasteiger partial charge >= 0.3 is 0 Å². The lowest BCUT2D eigenvalue weighted by Gasteiger charge is -2.23. The highest BCUT2D eigenvalue weighted by molar-refractivity contribution is 7.80. The van der Waals surface area contributed by atoms with Crippen LogP contribution < -0.4 is 19.3 Å². The molecule has 3 aromatic rings. The van der Waals surface area contributed by atoms with Gasteiger partial charge in [-0.25, -0.2) is 0 Å². The molecule has 0 aliphatic heterocycles. The van der Waals surface area contributed by atoms with Crippen molar-refractivity contribution in [2.45, 2.75) is 32.3 Å². The number of likely N-dealkylation sites (N-methyl/N-ethyl adjacent to an activating group) is 1. The zero-order chi connectivity index (χ0) is 24.0. The third-order valence-electron chi connectivity index (χ3n) is 5.26. The van der Waals surface area contributed by atoms with Crippen molar-refractivity contribution in [3.8, 4) is 11.5 Å². The number of ether oxygens (including phenoxy) is 2. The molecule has 0 aliphatic carbocycles. The van der Waals surface area contributed by atoms with E-state index < -0.39 is 6.10 Å². The Kier molecular flexibility index (Phi) is 8.35. The van der Waals surface area contributed by atoms with Gasteiger partial charge in [0.2, 0.25) is 0 Å². The van der Waals surface area contributed by atoms with Gasteiger partial charge in [-0.05, 0) is 58.9 Å². The van der Waals surface area contributed by atoms with E-state index in [1.165, 1.54) is 5.56 Å². The highest BCUT2D eigenvalue weighted by atomic mass is 32.1. The monoisotopic (exact) mass is 484 g/mol. The van der Waals surface area contributed by atoms with E-state index >= 15 is 0 Å². The second-order valence-electron chi connectivity index (χ2n) is 9.03. The number of thiophene rings is 1. The van der Waals surface area contributed by atoms with Crippen LogP contribution in [0.25, 0.3) is 0 Å². The summed E-state index contributed by atoms with van der Waals surface area (Å²) < 4.78 is 11.8. The van der Waals surface area contributed by atoms with Crippen molar-refractivity contribution < 1.29 is 14.6 Å². The van der Waals surface area contributed by atoms with Gasteiger partial charge in [0.25, 0.3) is 5.17 Å². The molecule has 7 heteroatoms. The summed E-state index contributed by atoms with van der Waals surface area (Å²) in [5.74, 6) is 1.37. The summed E-state index contributed by atoms with van der Waals surface area (Å²) in [7, 11) is 3.82. The Morgan fingerprint density at radius 3 is 2.45 bits per heavy atom. The first kappa shape index (κ1) is 25.0. The molecule has 1 aromatic heterocycles. The highest BCUT2D eigenvalue weighted by Crippen LogP contribution is 2.27. The average molecular weight is 485 g/mol. The van der Waals surface area contributed by atoms with Crippen LogP contribution in [0.2, 0.25) is 0 Å². The van der Waals surface area contributed by atoms with Gasteiger partial charge in [0.15, 0.2) is 0 Å². The SMILES string of the molecule is CN(CC(O)COc1cccc(N(C)C(=S)Oc2cccc(C(C)(C)C)c2)c1)c1ccsc1. The number of anilines is 2. The second-order valence-corrected chi connectivity index (χ2v) is 10.2. The smallest absolute Gasteiger partial charge is 0.269 e. The molecule has 0 radical (unpaired) electrons. The Balaban J connectivity index is 1.57. The molecule has 176 valence electrons. The number of aliphatic hydroxyl groups is 1. The van der Waals surface area contributed by atoms with Crippen LogP contribution in [0.1, 0.15) is 26.3 Å². The van der Waals surface area contributed by atoms with Gasteiger partial charge in [-0.1, -0.05) is 39.0 Å². The lowest BCUT2D eigenvalue weighted by molar-refractivity contribution is 0.113. The minimum absolute atomic E-state index is 0.0294. The van der Waals surface area contributed by atoms with Crippen LogP contribution in [-0.4, -0.2) is 43.6 Å². The van der Waals surface area contributed by atoms with Crippen LogP contribution in [0.4, 0.5) is 11.4 Å². The molecule has 0 spiro atoms. The minimum atomic E-state index is -0.615. The Morgan fingerprint density at radius 2 is 1.76 bits per heavy atom. The van der Waals surface area contributed by atoms with E-state index in [1.54, 1.807) is 16.2 Å². The first-order chi connectivity index (χ1) is 15.6. The zero-order valence-corrected chi connectivity index (χ0v) is 21.5. The summed E-state index contributed by atoms with van der Waals surface area (Å²) in [4.78, 5) is 3.81. The first-order valence-electron chi connectivity index (χ1n) is 10.8. The lowest BCUT2D eigenvalue weighted by Crippen LogP contribution is -2.33. The fourth-order valence-corrected chi connectivity index (χ4v) is 4.12. The Labute approximate surface area is 206 Å². The number of hydrogen-bond acceptors (Lipinski definition) is 6. The average Bonchev–Trinajstić information content (AvgIpc) is 3.32. The van der Waals surface area contributed by atoms with E-state index in [9.17, 15) is 5.11 Å². The molecule has 1 unspecified atom stereocenters. The molecular weight excluding hydrogens is 452 g/mol. The molecule has 5 nitrogen and oxygen atoms in total. The van der Waals surface area contributed by atoms with Crippen molar-refractivity contribution in [2.75, 3.05) is 37.0 Å². The largest absolute Gasteiger partial charge is 0.491 e. The molecule has 1 atom stereocenters. The number of benzene rings is 2. The lowest BCUT2D eigenvalue weighted by atomic mass is 9.87. The molecular formula is C26H32N2O3S2. The summed E-state index contributed by atoms with van der Waals surface area (Å²) in [5, 5.41) is 14.8. The number of hydrogen-bond donors (Lipinski definition) is 1. The van der Waals surface area contributed by atoms with Crippen LogP contribution in [0, 0.1) is 0 Å². The van der Waals surface area contributed by atoms with Crippen molar-refractivity contribution >= 4 is 40.1 Å². The molecule has 0 saturated carbocycles. The van der Waals surface area contributed by atoms with Gasteiger partial charge in [-0.3, -0.25) is 0 Å². The van der Waals surface area contributed by atoms with Crippen molar-refractivity contribution in [1.29, 1.82) is 0 Å². The molecule has 1 N–H and O–H groups in total. The van der Waals surface area contributed by atoms with Crippen LogP contribution in [0.15, 0.2) is 65.4 Å². The summed E-state index contributed by atoms with van der Waals surface area (Å²) in [6.07, 6.45) is -0.615.